The minimum absolute atomic E-state index is 0.737. The number of thiazole rings is 1. The van der Waals surface area contributed by atoms with Gasteiger partial charge in [0.1, 0.15) is 0 Å². The van der Waals surface area contributed by atoms with Crippen LogP contribution in [0.1, 0.15) is 27.9 Å². The van der Waals surface area contributed by atoms with Gasteiger partial charge in [-0.05, 0) is 19.3 Å². The van der Waals surface area contributed by atoms with Gasteiger partial charge in [-0.1, -0.05) is 0 Å². The zero-order chi connectivity index (χ0) is 7.97. The molecule has 64 valence electrons. The van der Waals surface area contributed by atoms with Gasteiger partial charge in [-0.25, -0.2) is 4.98 Å². The van der Waals surface area contributed by atoms with Crippen LogP contribution in [0.15, 0.2) is 0 Å². The lowest BCUT2D eigenvalue weighted by atomic mass is 10.1. The Labute approximate surface area is 76.0 Å². The molecule has 0 bridgehead atoms. The lowest BCUT2D eigenvalue weighted by molar-refractivity contribution is 0.446. The molecular formula is C9H12N2S. The fraction of sp³-hybridized carbons (Fsp3) is 0.667. The van der Waals surface area contributed by atoms with Crippen LogP contribution in [-0.2, 0) is 12.8 Å². The molecule has 1 fully saturated rings. The number of aromatic nitrogens is 1. The van der Waals surface area contributed by atoms with Crippen molar-refractivity contribution in [2.24, 2.45) is 0 Å². The summed E-state index contributed by atoms with van der Waals surface area (Å²) >= 11 is 1.95. The van der Waals surface area contributed by atoms with Crippen LogP contribution >= 0.6 is 11.3 Å². The molecular weight excluding hydrogens is 168 g/mol. The second-order valence-electron chi connectivity index (χ2n) is 3.63. The first kappa shape index (κ1) is 7.04. The van der Waals surface area contributed by atoms with Gasteiger partial charge in [0.25, 0.3) is 0 Å². The van der Waals surface area contributed by atoms with Gasteiger partial charge in [0.05, 0.1) is 10.7 Å². The third kappa shape index (κ3) is 0.930. The Hall–Kier alpha value is -0.410. The fourth-order valence-electron chi connectivity index (χ4n) is 1.85. The first-order chi connectivity index (χ1) is 5.93. The van der Waals surface area contributed by atoms with E-state index in [0.29, 0.717) is 0 Å². The first-order valence-corrected chi connectivity index (χ1v) is 5.44. The van der Waals surface area contributed by atoms with Crippen LogP contribution in [0, 0.1) is 0 Å². The van der Waals surface area contributed by atoms with Crippen molar-refractivity contribution in [2.75, 3.05) is 13.1 Å². The smallest absolute Gasteiger partial charge is 0.0987 e. The zero-order valence-corrected chi connectivity index (χ0v) is 7.78. The highest BCUT2D eigenvalue weighted by Crippen LogP contribution is 2.32. The Balaban J connectivity index is 1.92. The van der Waals surface area contributed by atoms with E-state index in [1.807, 2.05) is 11.3 Å². The summed E-state index contributed by atoms with van der Waals surface area (Å²) < 4.78 is 0. The number of nitrogens with one attached hydrogen (secondary N) is 1. The predicted molar refractivity (Wildman–Crippen MR) is 49.7 cm³/mol. The molecule has 1 aliphatic carbocycles. The highest BCUT2D eigenvalue weighted by molar-refractivity contribution is 7.11. The Kier molecular flexibility index (Phi) is 1.49. The third-order valence-corrected chi connectivity index (χ3v) is 4.06. The molecule has 1 aromatic rings. The van der Waals surface area contributed by atoms with Crippen molar-refractivity contribution in [3.05, 3.63) is 15.6 Å². The molecule has 0 unspecified atom stereocenters. The molecule has 0 saturated carbocycles. The average molecular weight is 180 g/mol. The van der Waals surface area contributed by atoms with E-state index >= 15 is 0 Å². The van der Waals surface area contributed by atoms with Gasteiger partial charge in [-0.2, -0.15) is 0 Å². The molecule has 2 heterocycles. The highest BCUT2D eigenvalue weighted by Gasteiger charge is 2.25. The van der Waals surface area contributed by atoms with E-state index < -0.39 is 0 Å². The maximum Gasteiger partial charge on any atom is 0.0987 e. The largest absolute Gasteiger partial charge is 0.315 e. The number of nitrogens with zero attached hydrogens (tertiary/aromatic N) is 1. The molecule has 1 N–H and O–H groups in total. The highest BCUT2D eigenvalue weighted by atomic mass is 32.1. The third-order valence-electron chi connectivity index (χ3n) is 2.74. The van der Waals surface area contributed by atoms with E-state index in [0.717, 1.165) is 19.0 Å². The van der Waals surface area contributed by atoms with E-state index in [-0.39, 0.29) is 0 Å². The standard InChI is InChI=1S/C9H12N2S/c1-2-7-8(3-1)12-9(11-7)6-4-10-5-6/h6,10H,1-5H2. The van der Waals surface area contributed by atoms with Gasteiger partial charge >= 0.3 is 0 Å². The lowest BCUT2D eigenvalue weighted by Gasteiger charge is -2.24. The molecule has 0 amide bonds. The van der Waals surface area contributed by atoms with E-state index in [1.54, 1.807) is 4.88 Å². The number of fused-ring (bicyclic) bond motifs is 1. The van der Waals surface area contributed by atoms with Crippen molar-refractivity contribution in [1.82, 2.24) is 10.3 Å². The summed E-state index contributed by atoms with van der Waals surface area (Å²) in [6.45, 7) is 2.29. The predicted octanol–water partition coefficient (Wildman–Crippen LogP) is 1.32. The van der Waals surface area contributed by atoms with Crippen molar-refractivity contribution in [3.8, 4) is 0 Å². The summed E-state index contributed by atoms with van der Waals surface area (Å²) in [5.41, 5.74) is 1.40. The molecule has 3 heteroatoms. The quantitative estimate of drug-likeness (QED) is 0.705. The van der Waals surface area contributed by atoms with Crippen LogP contribution in [0.5, 0.6) is 0 Å². The monoisotopic (exact) mass is 180 g/mol. The molecule has 2 aliphatic rings. The Morgan fingerprint density at radius 1 is 1.33 bits per heavy atom. The van der Waals surface area contributed by atoms with E-state index in [2.05, 4.69) is 5.32 Å². The van der Waals surface area contributed by atoms with E-state index in [9.17, 15) is 0 Å². The zero-order valence-electron chi connectivity index (χ0n) is 6.97. The Bertz CT molecular complexity index is 280. The van der Waals surface area contributed by atoms with Crippen molar-refractivity contribution in [3.63, 3.8) is 0 Å². The molecule has 0 atom stereocenters. The van der Waals surface area contributed by atoms with Gasteiger partial charge in [0.2, 0.25) is 0 Å². The van der Waals surface area contributed by atoms with Crippen LogP contribution in [-0.4, -0.2) is 18.1 Å². The average Bonchev–Trinajstić information content (AvgIpc) is 2.40. The van der Waals surface area contributed by atoms with Crippen LogP contribution in [0.25, 0.3) is 0 Å². The summed E-state index contributed by atoms with van der Waals surface area (Å²) in [5, 5.41) is 4.68. The molecule has 0 aromatic carbocycles. The van der Waals surface area contributed by atoms with Gasteiger partial charge in [-0.15, -0.1) is 11.3 Å². The molecule has 1 aromatic heterocycles. The second-order valence-corrected chi connectivity index (χ2v) is 4.75. The molecule has 0 spiro atoms. The summed E-state index contributed by atoms with van der Waals surface area (Å²) in [6.07, 6.45) is 3.84. The van der Waals surface area contributed by atoms with E-state index in [4.69, 9.17) is 4.98 Å². The van der Waals surface area contributed by atoms with Crippen LogP contribution in [0.4, 0.5) is 0 Å². The summed E-state index contributed by atoms with van der Waals surface area (Å²) in [7, 11) is 0. The van der Waals surface area contributed by atoms with Crippen molar-refractivity contribution < 1.29 is 0 Å². The fourth-order valence-corrected chi connectivity index (χ4v) is 3.10. The summed E-state index contributed by atoms with van der Waals surface area (Å²) in [4.78, 5) is 6.26. The van der Waals surface area contributed by atoms with Crippen molar-refractivity contribution in [1.29, 1.82) is 0 Å². The second kappa shape index (κ2) is 2.54. The number of hydrogen-bond donors (Lipinski definition) is 1. The molecule has 1 aliphatic heterocycles. The van der Waals surface area contributed by atoms with Crippen LogP contribution in [0.3, 0.4) is 0 Å². The molecule has 2 nitrogen and oxygen atoms in total. The Morgan fingerprint density at radius 3 is 2.92 bits per heavy atom. The molecule has 0 radical (unpaired) electrons. The minimum atomic E-state index is 0.737. The summed E-state index contributed by atoms with van der Waals surface area (Å²) in [6, 6.07) is 0. The SMILES string of the molecule is C1Cc2nc(C3CNC3)sc2C1. The molecule has 3 rings (SSSR count). The van der Waals surface area contributed by atoms with Gasteiger partial charge in [0, 0.05) is 23.9 Å². The maximum atomic E-state index is 4.69. The number of rotatable bonds is 1. The number of aryl methyl sites for hydroxylation is 2. The van der Waals surface area contributed by atoms with Gasteiger partial charge in [0.15, 0.2) is 0 Å². The molecule has 12 heavy (non-hydrogen) atoms. The van der Waals surface area contributed by atoms with E-state index in [1.165, 1.54) is 30.0 Å². The van der Waals surface area contributed by atoms with Crippen LogP contribution < -0.4 is 5.32 Å². The van der Waals surface area contributed by atoms with Crippen LogP contribution in [0.2, 0.25) is 0 Å². The van der Waals surface area contributed by atoms with Gasteiger partial charge < -0.3 is 5.32 Å². The molecule has 1 saturated heterocycles. The van der Waals surface area contributed by atoms with Crippen molar-refractivity contribution in [2.45, 2.75) is 25.2 Å². The van der Waals surface area contributed by atoms with Gasteiger partial charge in [-0.3, -0.25) is 0 Å². The minimum Gasteiger partial charge on any atom is -0.315 e. The summed E-state index contributed by atoms with van der Waals surface area (Å²) in [5.74, 6) is 0.737. The number of hydrogen-bond acceptors (Lipinski definition) is 3. The lowest BCUT2D eigenvalue weighted by Crippen LogP contribution is -2.39. The first-order valence-electron chi connectivity index (χ1n) is 4.62. The normalized spacial score (nSPS) is 22.3. The maximum absolute atomic E-state index is 4.69. The van der Waals surface area contributed by atoms with Crippen molar-refractivity contribution >= 4 is 11.3 Å². The topological polar surface area (TPSA) is 24.9 Å². The Morgan fingerprint density at radius 2 is 2.25 bits per heavy atom.